The Labute approximate surface area is 172 Å². The highest BCUT2D eigenvalue weighted by molar-refractivity contribution is 5.87. The van der Waals surface area contributed by atoms with Crippen LogP contribution in [0.2, 0.25) is 0 Å². The molecule has 29 heavy (non-hydrogen) atoms. The maximum atomic E-state index is 13.3. The van der Waals surface area contributed by atoms with Gasteiger partial charge in [-0.05, 0) is 38.5 Å². The minimum Gasteiger partial charge on any atom is -0.444 e. The smallest absolute Gasteiger partial charge is 0.408 e. The van der Waals surface area contributed by atoms with Crippen molar-refractivity contribution in [3.63, 3.8) is 0 Å². The first-order valence-corrected chi connectivity index (χ1v) is 9.97. The van der Waals surface area contributed by atoms with Crippen molar-refractivity contribution in [1.29, 1.82) is 0 Å². The number of amides is 2. The summed E-state index contributed by atoms with van der Waals surface area (Å²) >= 11 is 0. The minimum atomic E-state index is -0.769. The molecule has 0 saturated carbocycles. The molecule has 1 heterocycles. The number of carbonyl (C=O) groups excluding carboxylic acids is 2. The van der Waals surface area contributed by atoms with Gasteiger partial charge in [-0.1, -0.05) is 48.5 Å². The van der Waals surface area contributed by atoms with Crippen LogP contribution in [0.15, 0.2) is 60.7 Å². The fraction of sp³-hybridized carbons (Fsp3) is 0.391. The molecule has 1 N–H and O–H groups in total. The number of ether oxygens (including phenoxy) is 1. The zero-order valence-electron chi connectivity index (χ0n) is 17.3. The van der Waals surface area contributed by atoms with Gasteiger partial charge in [0.15, 0.2) is 0 Å². The number of nitrogens with zero attached hydrogens (tertiary/aromatic N) is 2. The summed E-state index contributed by atoms with van der Waals surface area (Å²) in [5.74, 6) is -0.116. The number of carbonyl (C=O) groups is 2. The van der Waals surface area contributed by atoms with E-state index in [0.717, 1.165) is 24.3 Å². The quantitative estimate of drug-likeness (QED) is 0.859. The summed E-state index contributed by atoms with van der Waals surface area (Å²) in [6.07, 6.45) is -0.595. The maximum absolute atomic E-state index is 13.3. The Morgan fingerprint density at radius 1 is 0.897 bits per heavy atom. The van der Waals surface area contributed by atoms with Crippen LogP contribution in [0.1, 0.15) is 32.4 Å². The Balaban J connectivity index is 1.69. The van der Waals surface area contributed by atoms with Crippen LogP contribution >= 0.6 is 0 Å². The van der Waals surface area contributed by atoms with Crippen molar-refractivity contribution in [1.82, 2.24) is 10.2 Å². The minimum absolute atomic E-state index is 0.116. The molecular formula is C23H29N3O3. The first kappa shape index (κ1) is 20.7. The maximum Gasteiger partial charge on any atom is 0.408 e. The normalized spacial score (nSPS) is 15.6. The molecular weight excluding hydrogens is 366 g/mol. The number of hydrogen-bond donors (Lipinski definition) is 1. The van der Waals surface area contributed by atoms with Crippen molar-refractivity contribution in [2.45, 2.75) is 32.4 Å². The van der Waals surface area contributed by atoms with Crippen molar-refractivity contribution in [3.8, 4) is 0 Å². The van der Waals surface area contributed by atoms with Crippen LogP contribution < -0.4 is 10.2 Å². The molecule has 0 aromatic heterocycles. The lowest BCUT2D eigenvalue weighted by Gasteiger charge is -2.37. The fourth-order valence-electron chi connectivity index (χ4n) is 3.36. The van der Waals surface area contributed by atoms with Gasteiger partial charge in [0.2, 0.25) is 5.91 Å². The highest BCUT2D eigenvalue weighted by Gasteiger charge is 2.31. The first-order chi connectivity index (χ1) is 13.8. The van der Waals surface area contributed by atoms with E-state index in [2.05, 4.69) is 22.3 Å². The van der Waals surface area contributed by atoms with Crippen molar-refractivity contribution in [3.05, 3.63) is 66.2 Å². The lowest BCUT2D eigenvalue weighted by molar-refractivity contribution is -0.134. The average Bonchev–Trinajstić information content (AvgIpc) is 2.72. The van der Waals surface area contributed by atoms with Crippen LogP contribution in [0, 0.1) is 0 Å². The van der Waals surface area contributed by atoms with Gasteiger partial charge < -0.3 is 19.9 Å². The SMILES string of the molecule is CC(C)(C)OC(=O)N[C@@H](C(=O)N1CCN(c2ccccc2)CC1)c1ccccc1. The molecule has 0 aliphatic carbocycles. The number of para-hydroxylation sites is 1. The number of piperazine rings is 1. The number of rotatable bonds is 4. The van der Waals surface area contributed by atoms with Crippen molar-refractivity contribution < 1.29 is 14.3 Å². The van der Waals surface area contributed by atoms with Crippen LogP contribution in [-0.4, -0.2) is 48.7 Å². The van der Waals surface area contributed by atoms with Crippen molar-refractivity contribution in [2.24, 2.45) is 0 Å². The molecule has 1 fully saturated rings. The van der Waals surface area contributed by atoms with Gasteiger partial charge in [-0.3, -0.25) is 4.79 Å². The number of nitrogens with one attached hydrogen (secondary N) is 1. The Hall–Kier alpha value is -3.02. The molecule has 0 bridgehead atoms. The second kappa shape index (κ2) is 8.99. The predicted molar refractivity (Wildman–Crippen MR) is 114 cm³/mol. The van der Waals surface area contributed by atoms with E-state index in [4.69, 9.17) is 4.74 Å². The summed E-state index contributed by atoms with van der Waals surface area (Å²) < 4.78 is 5.37. The zero-order valence-corrected chi connectivity index (χ0v) is 17.3. The summed E-state index contributed by atoms with van der Waals surface area (Å²) in [5.41, 5.74) is 1.27. The van der Waals surface area contributed by atoms with E-state index in [-0.39, 0.29) is 5.91 Å². The van der Waals surface area contributed by atoms with Crippen LogP contribution in [0.5, 0.6) is 0 Å². The van der Waals surface area contributed by atoms with Crippen LogP contribution in [0.3, 0.4) is 0 Å². The van der Waals surface area contributed by atoms with Gasteiger partial charge in [-0.25, -0.2) is 4.79 Å². The third-order valence-electron chi connectivity index (χ3n) is 4.75. The predicted octanol–water partition coefficient (Wildman–Crippen LogP) is 3.60. The van der Waals surface area contributed by atoms with Crippen LogP contribution in [-0.2, 0) is 9.53 Å². The van der Waals surface area contributed by atoms with E-state index in [1.54, 1.807) is 20.8 Å². The topological polar surface area (TPSA) is 61.9 Å². The standard InChI is InChI=1S/C23H29N3O3/c1-23(2,3)29-22(28)24-20(18-10-6-4-7-11-18)21(27)26-16-14-25(15-17-26)19-12-8-5-9-13-19/h4-13,20H,14-17H2,1-3H3,(H,24,28)/t20-/m1/s1. The number of alkyl carbamates (subject to hydrolysis) is 1. The third-order valence-corrected chi connectivity index (χ3v) is 4.75. The number of anilines is 1. The van der Waals surface area contributed by atoms with E-state index in [1.165, 1.54) is 0 Å². The van der Waals surface area contributed by atoms with Gasteiger partial charge >= 0.3 is 6.09 Å². The van der Waals surface area contributed by atoms with Gasteiger partial charge in [-0.2, -0.15) is 0 Å². The van der Waals surface area contributed by atoms with Gasteiger partial charge in [0, 0.05) is 31.9 Å². The molecule has 2 aromatic carbocycles. The third kappa shape index (κ3) is 5.73. The molecule has 0 radical (unpaired) electrons. The molecule has 3 rings (SSSR count). The fourth-order valence-corrected chi connectivity index (χ4v) is 3.36. The molecule has 1 atom stereocenters. The molecule has 0 spiro atoms. The van der Waals surface area contributed by atoms with Crippen molar-refractivity contribution >= 4 is 17.7 Å². The highest BCUT2D eigenvalue weighted by atomic mass is 16.6. The van der Waals surface area contributed by atoms with E-state index >= 15 is 0 Å². The molecule has 154 valence electrons. The zero-order chi connectivity index (χ0) is 20.9. The lowest BCUT2D eigenvalue weighted by atomic mass is 10.1. The molecule has 2 amide bonds. The Morgan fingerprint density at radius 2 is 1.45 bits per heavy atom. The number of hydrogen-bond acceptors (Lipinski definition) is 4. The average molecular weight is 396 g/mol. The Bertz CT molecular complexity index is 810. The van der Waals surface area contributed by atoms with Gasteiger partial charge in [0.25, 0.3) is 0 Å². The van der Waals surface area contributed by atoms with E-state index in [9.17, 15) is 9.59 Å². The molecule has 6 heteroatoms. The summed E-state index contributed by atoms with van der Waals surface area (Å²) in [7, 11) is 0. The molecule has 6 nitrogen and oxygen atoms in total. The summed E-state index contributed by atoms with van der Waals surface area (Å²) in [6, 6.07) is 18.7. The Morgan fingerprint density at radius 3 is 2.00 bits per heavy atom. The second-order valence-corrected chi connectivity index (χ2v) is 8.14. The molecule has 2 aromatic rings. The van der Waals surface area contributed by atoms with Gasteiger partial charge in [0.05, 0.1) is 0 Å². The number of benzene rings is 2. The summed E-state index contributed by atoms with van der Waals surface area (Å²) in [5, 5.41) is 2.76. The Kier molecular flexibility index (Phi) is 6.42. The van der Waals surface area contributed by atoms with E-state index in [1.807, 2.05) is 53.4 Å². The molecule has 0 unspecified atom stereocenters. The molecule has 1 aliphatic rings. The highest BCUT2D eigenvalue weighted by Crippen LogP contribution is 2.20. The first-order valence-electron chi connectivity index (χ1n) is 9.97. The second-order valence-electron chi connectivity index (χ2n) is 8.14. The van der Waals surface area contributed by atoms with Crippen LogP contribution in [0.25, 0.3) is 0 Å². The van der Waals surface area contributed by atoms with E-state index in [0.29, 0.717) is 13.1 Å². The monoisotopic (exact) mass is 395 g/mol. The summed E-state index contributed by atoms with van der Waals surface area (Å²) in [6.45, 7) is 8.12. The van der Waals surface area contributed by atoms with E-state index < -0.39 is 17.7 Å². The molecule has 1 aliphatic heterocycles. The molecule has 1 saturated heterocycles. The van der Waals surface area contributed by atoms with Crippen LogP contribution in [0.4, 0.5) is 10.5 Å². The largest absolute Gasteiger partial charge is 0.444 e. The van der Waals surface area contributed by atoms with Gasteiger partial charge in [0.1, 0.15) is 11.6 Å². The summed E-state index contributed by atoms with van der Waals surface area (Å²) in [4.78, 5) is 29.7. The lowest BCUT2D eigenvalue weighted by Crippen LogP contribution is -2.52. The van der Waals surface area contributed by atoms with Gasteiger partial charge in [-0.15, -0.1) is 0 Å². The van der Waals surface area contributed by atoms with Crippen molar-refractivity contribution in [2.75, 3.05) is 31.1 Å².